The number of fused-ring (bicyclic) bond motifs is 2. The molecule has 0 aliphatic carbocycles. The summed E-state index contributed by atoms with van der Waals surface area (Å²) in [5, 5.41) is 11.3. The van der Waals surface area contributed by atoms with Crippen LogP contribution in [-0.2, 0) is 9.53 Å². The number of halogens is 2. The molecule has 22 heavy (non-hydrogen) atoms. The summed E-state index contributed by atoms with van der Waals surface area (Å²) in [6.45, 7) is 0. The van der Waals surface area contributed by atoms with E-state index in [-0.39, 0.29) is 24.0 Å². The van der Waals surface area contributed by atoms with E-state index in [4.69, 9.17) is 27.9 Å². The third kappa shape index (κ3) is 2.52. The fourth-order valence-corrected chi connectivity index (χ4v) is 4.36. The second-order valence-corrected chi connectivity index (χ2v) is 6.99. The lowest BCUT2D eigenvalue weighted by molar-refractivity contribution is -0.151. The topological polar surface area (TPSA) is 49.8 Å². The lowest BCUT2D eigenvalue weighted by Gasteiger charge is -2.42. The zero-order chi connectivity index (χ0) is 16.0. The van der Waals surface area contributed by atoms with Crippen molar-refractivity contribution in [1.82, 2.24) is 4.90 Å². The monoisotopic (exact) mass is 343 g/mol. The Kier molecular flexibility index (Phi) is 4.38. The number of likely N-dealkylation sites (N-methyl/N-ethyl adjacent to an activating group) is 1. The molecule has 0 radical (unpaired) electrons. The van der Waals surface area contributed by atoms with Crippen LogP contribution in [0.1, 0.15) is 24.3 Å². The molecule has 2 saturated heterocycles. The molecule has 120 valence electrons. The molecule has 2 aliphatic rings. The maximum absolute atomic E-state index is 12.4. The fraction of sp³-hybridized carbons (Fsp3) is 0.562. The highest BCUT2D eigenvalue weighted by Crippen LogP contribution is 2.47. The summed E-state index contributed by atoms with van der Waals surface area (Å²) in [6.07, 6.45) is 0.973. The van der Waals surface area contributed by atoms with Gasteiger partial charge in [0.25, 0.3) is 0 Å². The highest BCUT2D eigenvalue weighted by molar-refractivity contribution is 6.42. The van der Waals surface area contributed by atoms with E-state index >= 15 is 0 Å². The van der Waals surface area contributed by atoms with Gasteiger partial charge in [-0.1, -0.05) is 29.3 Å². The van der Waals surface area contributed by atoms with E-state index in [1.165, 1.54) is 7.11 Å². The second kappa shape index (κ2) is 6.00. The molecule has 1 aromatic carbocycles. The van der Waals surface area contributed by atoms with Crippen molar-refractivity contribution in [2.75, 3.05) is 14.2 Å². The van der Waals surface area contributed by atoms with Crippen molar-refractivity contribution in [3.05, 3.63) is 33.8 Å². The van der Waals surface area contributed by atoms with Crippen LogP contribution < -0.4 is 0 Å². The van der Waals surface area contributed by atoms with Gasteiger partial charge in [0.05, 0.1) is 29.2 Å². The summed E-state index contributed by atoms with van der Waals surface area (Å²) in [5.41, 5.74) is 0.974. The number of aliphatic hydroxyl groups is 1. The quantitative estimate of drug-likeness (QED) is 0.838. The van der Waals surface area contributed by atoms with Gasteiger partial charge in [-0.15, -0.1) is 0 Å². The van der Waals surface area contributed by atoms with Gasteiger partial charge in [-0.2, -0.15) is 0 Å². The molecule has 4 nitrogen and oxygen atoms in total. The summed E-state index contributed by atoms with van der Waals surface area (Å²) in [4.78, 5) is 14.5. The third-order valence-electron chi connectivity index (χ3n) is 5.13. The number of methoxy groups -OCH3 is 1. The number of aliphatic hydroxyl groups excluding tert-OH is 1. The number of esters is 1. The SMILES string of the molecule is COC(=O)C1C(c2ccc(Cl)c(Cl)c2)CC2C[C@@H](O)C1N2C. The first-order valence-electron chi connectivity index (χ1n) is 7.36. The normalized spacial score (nSPS) is 34.7. The molecule has 1 N–H and O–H groups in total. The van der Waals surface area contributed by atoms with Gasteiger partial charge >= 0.3 is 5.97 Å². The molecule has 2 bridgehead atoms. The Balaban J connectivity index is 2.01. The van der Waals surface area contributed by atoms with E-state index in [2.05, 4.69) is 4.90 Å². The maximum atomic E-state index is 12.4. The predicted molar refractivity (Wildman–Crippen MR) is 85.3 cm³/mol. The van der Waals surface area contributed by atoms with E-state index in [1.54, 1.807) is 6.07 Å². The van der Waals surface area contributed by atoms with E-state index in [1.807, 2.05) is 19.2 Å². The van der Waals surface area contributed by atoms with Gasteiger partial charge < -0.3 is 9.84 Å². The molecule has 5 atom stereocenters. The third-order valence-corrected chi connectivity index (χ3v) is 5.87. The summed E-state index contributed by atoms with van der Waals surface area (Å²) >= 11 is 12.1. The van der Waals surface area contributed by atoms with Gasteiger partial charge in [0.2, 0.25) is 0 Å². The van der Waals surface area contributed by atoms with E-state index in [9.17, 15) is 9.90 Å². The molecule has 0 aromatic heterocycles. The van der Waals surface area contributed by atoms with Crippen LogP contribution in [0.3, 0.4) is 0 Å². The van der Waals surface area contributed by atoms with Crippen molar-refractivity contribution in [2.45, 2.75) is 36.9 Å². The molecule has 2 heterocycles. The van der Waals surface area contributed by atoms with Gasteiger partial charge in [-0.3, -0.25) is 9.69 Å². The highest BCUT2D eigenvalue weighted by Gasteiger charge is 2.53. The van der Waals surface area contributed by atoms with Crippen molar-refractivity contribution in [3.63, 3.8) is 0 Å². The average molecular weight is 344 g/mol. The van der Waals surface area contributed by atoms with Crippen LogP contribution >= 0.6 is 23.2 Å². The molecule has 0 amide bonds. The first-order chi connectivity index (χ1) is 10.4. The smallest absolute Gasteiger partial charge is 0.310 e. The molecular formula is C16H19Cl2NO3. The Morgan fingerprint density at radius 2 is 2.05 bits per heavy atom. The van der Waals surface area contributed by atoms with E-state index in [0.29, 0.717) is 16.5 Å². The first-order valence-corrected chi connectivity index (χ1v) is 8.12. The Hall–Kier alpha value is -0.810. The number of benzene rings is 1. The molecule has 4 unspecified atom stereocenters. The summed E-state index contributed by atoms with van der Waals surface area (Å²) in [7, 11) is 3.36. The van der Waals surface area contributed by atoms with Crippen LogP contribution in [0.5, 0.6) is 0 Å². The van der Waals surface area contributed by atoms with Crippen LogP contribution in [0, 0.1) is 5.92 Å². The van der Waals surface area contributed by atoms with Gasteiger partial charge in [0, 0.05) is 18.0 Å². The summed E-state index contributed by atoms with van der Waals surface area (Å²) < 4.78 is 5.01. The molecule has 3 rings (SSSR count). The molecule has 0 saturated carbocycles. The number of hydrogen-bond acceptors (Lipinski definition) is 4. The van der Waals surface area contributed by atoms with Gasteiger partial charge in [-0.25, -0.2) is 0 Å². The van der Waals surface area contributed by atoms with Crippen molar-refractivity contribution in [2.24, 2.45) is 5.92 Å². The number of carbonyl (C=O) groups excluding carboxylic acids is 1. The fourth-order valence-electron chi connectivity index (χ4n) is 4.06. The summed E-state index contributed by atoms with van der Waals surface area (Å²) in [6, 6.07) is 5.53. The van der Waals surface area contributed by atoms with Crippen LogP contribution in [0.15, 0.2) is 18.2 Å². The molecule has 2 aliphatic heterocycles. The highest BCUT2D eigenvalue weighted by atomic mass is 35.5. The minimum absolute atomic E-state index is 0.0226. The van der Waals surface area contributed by atoms with Crippen molar-refractivity contribution in [3.8, 4) is 0 Å². The summed E-state index contributed by atoms with van der Waals surface area (Å²) in [5.74, 6) is -0.709. The number of ether oxygens (including phenoxy) is 1. The Bertz CT molecular complexity index is 595. The standard InChI is InChI=1S/C16H19Cl2NO3/c1-19-9-6-10(8-3-4-11(17)12(18)5-8)14(16(21)22-2)15(19)13(20)7-9/h3-5,9-10,13-15,20H,6-7H2,1-2H3/t9?,10?,13-,14?,15?/m1/s1. The molecule has 0 spiro atoms. The number of piperidine rings is 1. The van der Waals surface area contributed by atoms with E-state index in [0.717, 1.165) is 12.0 Å². The minimum atomic E-state index is -0.508. The average Bonchev–Trinajstić information content (AvgIpc) is 2.68. The maximum Gasteiger partial charge on any atom is 0.310 e. The van der Waals surface area contributed by atoms with Crippen molar-refractivity contribution < 1.29 is 14.6 Å². The Labute approximate surface area is 140 Å². The van der Waals surface area contributed by atoms with Crippen LogP contribution in [-0.4, -0.2) is 48.3 Å². The predicted octanol–water partition coefficient (Wildman–Crippen LogP) is 2.70. The van der Waals surface area contributed by atoms with Gasteiger partial charge in [0.15, 0.2) is 0 Å². The second-order valence-electron chi connectivity index (χ2n) is 6.18. The van der Waals surface area contributed by atoms with Crippen LogP contribution in [0.25, 0.3) is 0 Å². The Morgan fingerprint density at radius 3 is 2.68 bits per heavy atom. The lowest BCUT2D eigenvalue weighted by atomic mass is 9.76. The first kappa shape index (κ1) is 16.1. The number of hydrogen-bond donors (Lipinski definition) is 1. The zero-order valence-electron chi connectivity index (χ0n) is 12.5. The Morgan fingerprint density at radius 1 is 1.32 bits per heavy atom. The number of rotatable bonds is 2. The van der Waals surface area contributed by atoms with Gasteiger partial charge in [0.1, 0.15) is 0 Å². The molecule has 2 fully saturated rings. The van der Waals surface area contributed by atoms with Gasteiger partial charge in [-0.05, 0) is 37.6 Å². The van der Waals surface area contributed by atoms with Crippen LogP contribution in [0.4, 0.5) is 0 Å². The number of carbonyl (C=O) groups is 1. The lowest BCUT2D eigenvalue weighted by Crippen LogP contribution is -2.51. The molecule has 1 aromatic rings. The zero-order valence-corrected chi connectivity index (χ0v) is 14.0. The number of nitrogens with zero attached hydrogens (tertiary/aromatic N) is 1. The van der Waals surface area contributed by atoms with Crippen molar-refractivity contribution in [1.29, 1.82) is 0 Å². The van der Waals surface area contributed by atoms with E-state index < -0.39 is 12.0 Å². The largest absolute Gasteiger partial charge is 0.469 e. The molecule has 6 heteroatoms. The minimum Gasteiger partial charge on any atom is -0.469 e. The molecular weight excluding hydrogens is 325 g/mol. The van der Waals surface area contributed by atoms with Crippen molar-refractivity contribution >= 4 is 29.2 Å². The van der Waals surface area contributed by atoms with Crippen LogP contribution in [0.2, 0.25) is 10.0 Å².